The smallest absolute Gasteiger partial charge is 0.248 e. The maximum atomic E-state index is 12.3. The number of rotatable bonds is 9. The molecule has 198 valence electrons. The summed E-state index contributed by atoms with van der Waals surface area (Å²) in [5, 5.41) is 11.5. The molecule has 5 rings (SSSR count). The summed E-state index contributed by atoms with van der Waals surface area (Å²) < 4.78 is 18.9. The zero-order valence-corrected chi connectivity index (χ0v) is 22.9. The molecule has 0 bridgehead atoms. The molecule has 3 heterocycles. The van der Waals surface area contributed by atoms with Gasteiger partial charge in [0.1, 0.15) is 41.5 Å². The van der Waals surface area contributed by atoms with Crippen LogP contribution in [0.3, 0.4) is 0 Å². The van der Waals surface area contributed by atoms with Crippen molar-refractivity contribution in [3.8, 4) is 23.0 Å². The Morgan fingerprint density at radius 1 is 1.00 bits per heavy atom. The number of fused-ring (bicyclic) bond motifs is 2. The number of carbonyl (C=O) groups is 1. The number of benzene rings is 2. The summed E-state index contributed by atoms with van der Waals surface area (Å²) in [4.78, 5) is 25.3. The van der Waals surface area contributed by atoms with Crippen molar-refractivity contribution >= 4 is 55.6 Å². The van der Waals surface area contributed by atoms with Crippen molar-refractivity contribution in [1.82, 2.24) is 24.6 Å². The van der Waals surface area contributed by atoms with E-state index in [1.54, 1.807) is 48.2 Å². The number of anilines is 3. The van der Waals surface area contributed by atoms with E-state index in [4.69, 9.17) is 14.2 Å². The van der Waals surface area contributed by atoms with E-state index in [1.807, 2.05) is 19.1 Å². The summed E-state index contributed by atoms with van der Waals surface area (Å²) in [7, 11) is 3.12. The third-order valence-corrected chi connectivity index (χ3v) is 6.18. The zero-order chi connectivity index (χ0) is 27.4. The van der Waals surface area contributed by atoms with E-state index in [2.05, 4.69) is 46.6 Å². The maximum absolute atomic E-state index is 12.3. The minimum Gasteiger partial charge on any atom is -0.494 e. The number of nitrogens with one attached hydrogen (secondary N) is 2. The van der Waals surface area contributed by atoms with E-state index in [-0.39, 0.29) is 5.91 Å². The minimum absolute atomic E-state index is 0.283. The standard InChI is InChI=1S/C27H24BrN7O4/c1-16-9-20(24(38-3)13-22(16)39-17-6-8-35-25(10-17)30-15-32-35)34-27-18-11-21(33-26(36)5-4-7-28)23(37-2)12-19(18)29-14-31-27/h4-6,8-15H,7H2,1-3H3,(H,33,36)(H,29,31,34)/b5-4+. The highest BCUT2D eigenvalue weighted by Crippen LogP contribution is 2.38. The summed E-state index contributed by atoms with van der Waals surface area (Å²) in [6.07, 6.45) is 7.87. The average Bonchev–Trinajstić information content (AvgIpc) is 3.41. The van der Waals surface area contributed by atoms with Crippen LogP contribution in [0.5, 0.6) is 23.0 Å². The first kappa shape index (κ1) is 25.9. The first-order chi connectivity index (χ1) is 19.0. The second kappa shape index (κ2) is 11.4. The highest BCUT2D eigenvalue weighted by Gasteiger charge is 2.16. The Balaban J connectivity index is 1.47. The van der Waals surface area contributed by atoms with Crippen LogP contribution in [-0.2, 0) is 4.79 Å². The second-order valence-corrected chi connectivity index (χ2v) is 8.96. The molecular formula is C27H24BrN7O4. The van der Waals surface area contributed by atoms with Gasteiger partial charge in [-0.1, -0.05) is 22.0 Å². The van der Waals surface area contributed by atoms with Gasteiger partial charge in [-0.25, -0.2) is 19.5 Å². The van der Waals surface area contributed by atoms with Crippen molar-refractivity contribution in [3.63, 3.8) is 0 Å². The van der Waals surface area contributed by atoms with Gasteiger partial charge in [0.15, 0.2) is 5.65 Å². The Kier molecular flexibility index (Phi) is 7.55. The van der Waals surface area contributed by atoms with Gasteiger partial charge in [0.2, 0.25) is 5.91 Å². The summed E-state index contributed by atoms with van der Waals surface area (Å²) >= 11 is 3.27. The number of hydrogen-bond donors (Lipinski definition) is 2. The number of aryl methyl sites for hydroxylation is 1. The second-order valence-electron chi connectivity index (χ2n) is 8.31. The predicted molar refractivity (Wildman–Crippen MR) is 152 cm³/mol. The molecule has 0 aliphatic carbocycles. The zero-order valence-electron chi connectivity index (χ0n) is 21.3. The van der Waals surface area contributed by atoms with Gasteiger partial charge in [-0.15, -0.1) is 0 Å². The number of aromatic nitrogens is 5. The molecular weight excluding hydrogens is 566 g/mol. The molecule has 12 heteroatoms. The first-order valence-electron chi connectivity index (χ1n) is 11.8. The lowest BCUT2D eigenvalue weighted by molar-refractivity contribution is -0.111. The van der Waals surface area contributed by atoms with Gasteiger partial charge >= 0.3 is 0 Å². The van der Waals surface area contributed by atoms with E-state index in [9.17, 15) is 4.79 Å². The Morgan fingerprint density at radius 3 is 2.62 bits per heavy atom. The lowest BCUT2D eigenvalue weighted by Gasteiger charge is -2.17. The van der Waals surface area contributed by atoms with Crippen molar-refractivity contribution in [2.24, 2.45) is 0 Å². The molecule has 39 heavy (non-hydrogen) atoms. The molecule has 0 spiro atoms. The number of alkyl halides is 1. The number of methoxy groups -OCH3 is 2. The van der Waals surface area contributed by atoms with Gasteiger partial charge in [-0.05, 0) is 30.7 Å². The molecule has 0 aliphatic rings. The lowest BCUT2D eigenvalue weighted by atomic mass is 10.1. The van der Waals surface area contributed by atoms with Crippen molar-refractivity contribution in [2.45, 2.75) is 6.92 Å². The third kappa shape index (κ3) is 5.60. The highest BCUT2D eigenvalue weighted by atomic mass is 79.9. The van der Waals surface area contributed by atoms with Gasteiger partial charge in [0.05, 0.1) is 31.1 Å². The summed E-state index contributed by atoms with van der Waals surface area (Å²) in [6, 6.07) is 10.9. The van der Waals surface area contributed by atoms with E-state index < -0.39 is 0 Å². The molecule has 0 fully saturated rings. The van der Waals surface area contributed by atoms with Gasteiger partial charge in [-0.3, -0.25) is 4.79 Å². The fraction of sp³-hybridized carbons (Fsp3) is 0.148. The van der Waals surface area contributed by atoms with Crippen LogP contribution < -0.4 is 24.8 Å². The Labute approximate surface area is 232 Å². The van der Waals surface area contributed by atoms with Crippen LogP contribution in [0.1, 0.15) is 5.56 Å². The average molecular weight is 590 g/mol. The van der Waals surface area contributed by atoms with E-state index in [0.717, 1.165) is 5.56 Å². The molecule has 5 aromatic rings. The van der Waals surface area contributed by atoms with Gasteiger partial charge in [0, 0.05) is 41.2 Å². The van der Waals surface area contributed by atoms with Crippen LogP contribution in [0, 0.1) is 6.92 Å². The fourth-order valence-corrected chi connectivity index (χ4v) is 4.12. The molecule has 0 radical (unpaired) electrons. The van der Waals surface area contributed by atoms with E-state index in [0.29, 0.717) is 62.1 Å². The number of allylic oxidation sites excluding steroid dienone is 1. The topological polar surface area (TPSA) is 125 Å². The van der Waals surface area contributed by atoms with Gasteiger partial charge in [0.25, 0.3) is 0 Å². The van der Waals surface area contributed by atoms with Gasteiger partial charge in [-0.2, -0.15) is 5.10 Å². The third-order valence-electron chi connectivity index (χ3n) is 5.80. The normalized spacial score (nSPS) is 11.2. The SMILES string of the molecule is COc1cc2ncnc(Nc3cc(C)c(Oc4ccn5ncnc5c4)cc3OC)c2cc1NC(=O)/C=C/CBr. The molecule has 11 nitrogen and oxygen atoms in total. The predicted octanol–water partition coefficient (Wildman–Crippen LogP) is 5.42. The highest BCUT2D eigenvalue weighted by molar-refractivity contribution is 9.09. The van der Waals surface area contributed by atoms with E-state index in [1.165, 1.54) is 25.8 Å². The first-order valence-corrected chi connectivity index (χ1v) is 12.9. The molecule has 2 N–H and O–H groups in total. The molecule has 0 saturated carbocycles. The Hall–Kier alpha value is -4.71. The van der Waals surface area contributed by atoms with Crippen LogP contribution in [0.2, 0.25) is 0 Å². The summed E-state index contributed by atoms with van der Waals surface area (Å²) in [5.41, 5.74) is 3.35. The number of hydrogen-bond acceptors (Lipinski definition) is 9. The number of ether oxygens (including phenoxy) is 3. The van der Waals surface area contributed by atoms with Crippen molar-refractivity contribution < 1.29 is 19.0 Å². The Bertz CT molecular complexity index is 1700. The number of amides is 1. The van der Waals surface area contributed by atoms with Crippen LogP contribution in [-0.4, -0.2) is 50.0 Å². The van der Waals surface area contributed by atoms with Crippen molar-refractivity contribution in [3.05, 3.63) is 73.0 Å². The molecule has 0 atom stereocenters. The fourth-order valence-electron chi connectivity index (χ4n) is 3.94. The number of carbonyl (C=O) groups excluding carboxylic acids is 1. The quantitative estimate of drug-likeness (QED) is 0.171. The summed E-state index contributed by atoms with van der Waals surface area (Å²) in [5.74, 6) is 2.52. The number of pyridine rings is 1. The van der Waals surface area contributed by atoms with E-state index >= 15 is 0 Å². The number of nitrogens with zero attached hydrogens (tertiary/aromatic N) is 5. The molecule has 2 aromatic carbocycles. The maximum Gasteiger partial charge on any atom is 0.248 e. The van der Waals surface area contributed by atoms with Gasteiger partial charge < -0.3 is 24.8 Å². The molecule has 0 saturated heterocycles. The largest absolute Gasteiger partial charge is 0.494 e. The molecule has 0 unspecified atom stereocenters. The molecule has 3 aromatic heterocycles. The monoisotopic (exact) mass is 589 g/mol. The summed E-state index contributed by atoms with van der Waals surface area (Å²) in [6.45, 7) is 1.94. The van der Waals surface area contributed by atoms with Crippen LogP contribution in [0.4, 0.5) is 17.2 Å². The van der Waals surface area contributed by atoms with Crippen molar-refractivity contribution in [2.75, 3.05) is 30.2 Å². The Morgan fingerprint density at radius 2 is 1.82 bits per heavy atom. The number of halogens is 1. The molecule has 0 aliphatic heterocycles. The van der Waals surface area contributed by atoms with Crippen molar-refractivity contribution in [1.29, 1.82) is 0 Å². The van der Waals surface area contributed by atoms with Crippen LogP contribution in [0.15, 0.2) is 67.4 Å². The molecule has 1 amide bonds. The van der Waals surface area contributed by atoms with Crippen LogP contribution in [0.25, 0.3) is 16.6 Å². The lowest BCUT2D eigenvalue weighted by Crippen LogP contribution is -2.09. The minimum atomic E-state index is -0.283. The van der Waals surface area contributed by atoms with Crippen LogP contribution >= 0.6 is 15.9 Å².